The molecule has 2 N–H and O–H groups in total. The van der Waals surface area contributed by atoms with Gasteiger partial charge in [-0.15, -0.1) is 0 Å². The number of nitrogens with one attached hydrogen (secondary N) is 2. The molecule has 0 aliphatic heterocycles. The van der Waals surface area contributed by atoms with Gasteiger partial charge >= 0.3 is 0 Å². The highest BCUT2D eigenvalue weighted by atomic mass is 16.3. The lowest BCUT2D eigenvalue weighted by Crippen LogP contribution is -2.03. The molecule has 4 rings (SSSR count). The monoisotopic (exact) mass is 358 g/mol. The predicted octanol–water partition coefficient (Wildman–Crippen LogP) is 5.06. The van der Waals surface area contributed by atoms with E-state index in [4.69, 9.17) is 9.40 Å². The molecule has 5 nitrogen and oxygen atoms in total. The Morgan fingerprint density at radius 3 is 2.52 bits per heavy atom. The molecule has 0 saturated heterocycles. The molecule has 0 saturated carbocycles. The Morgan fingerprint density at radius 2 is 1.70 bits per heavy atom. The minimum atomic E-state index is 0.614. The maximum absolute atomic E-state index is 5.59. The third kappa shape index (κ3) is 4.08. The van der Waals surface area contributed by atoms with Crippen LogP contribution in [0.2, 0.25) is 0 Å². The van der Waals surface area contributed by atoms with Crippen molar-refractivity contribution in [2.24, 2.45) is 0 Å². The molecule has 27 heavy (non-hydrogen) atoms. The second-order valence-corrected chi connectivity index (χ2v) is 6.56. The minimum absolute atomic E-state index is 0.614. The fourth-order valence-electron chi connectivity index (χ4n) is 3.05. The molecule has 1 aromatic carbocycles. The highest BCUT2D eigenvalue weighted by molar-refractivity contribution is 5.92. The molecule has 5 heteroatoms. The van der Waals surface area contributed by atoms with Gasteiger partial charge < -0.3 is 15.1 Å². The summed E-state index contributed by atoms with van der Waals surface area (Å²) in [5.41, 5.74) is 4.04. The predicted molar refractivity (Wildman–Crippen MR) is 109 cm³/mol. The van der Waals surface area contributed by atoms with Crippen LogP contribution in [-0.2, 0) is 13.1 Å². The van der Waals surface area contributed by atoms with Gasteiger partial charge in [0.15, 0.2) is 0 Å². The van der Waals surface area contributed by atoms with E-state index in [0.29, 0.717) is 13.1 Å². The van der Waals surface area contributed by atoms with E-state index < -0.39 is 0 Å². The van der Waals surface area contributed by atoms with E-state index in [1.54, 1.807) is 0 Å². The van der Waals surface area contributed by atoms with Crippen LogP contribution in [0.5, 0.6) is 0 Å². The molecule has 0 radical (unpaired) electrons. The molecule has 0 amide bonds. The highest BCUT2D eigenvalue weighted by Gasteiger charge is 2.05. The van der Waals surface area contributed by atoms with Crippen molar-refractivity contribution < 1.29 is 4.42 Å². The topological polar surface area (TPSA) is 63.0 Å². The molecule has 0 aliphatic carbocycles. The van der Waals surface area contributed by atoms with E-state index in [0.717, 1.165) is 45.3 Å². The Balaban J connectivity index is 1.49. The van der Waals surface area contributed by atoms with Crippen molar-refractivity contribution in [1.82, 2.24) is 9.97 Å². The number of aromatic nitrogens is 2. The first-order valence-corrected chi connectivity index (χ1v) is 9.03. The number of pyridine rings is 2. The first-order chi connectivity index (χ1) is 13.2. The number of benzene rings is 1. The number of furan rings is 1. The van der Waals surface area contributed by atoms with Gasteiger partial charge in [-0.3, -0.25) is 4.98 Å². The van der Waals surface area contributed by atoms with Crippen LogP contribution in [0.3, 0.4) is 0 Å². The molecule has 136 valence electrons. The zero-order chi connectivity index (χ0) is 18.6. The summed E-state index contributed by atoms with van der Waals surface area (Å²) in [6.07, 6.45) is 0. The number of nitrogens with zero attached hydrogens (tertiary/aromatic N) is 2. The summed E-state index contributed by atoms with van der Waals surface area (Å²) in [6, 6.07) is 20.2. The number of fused-ring (bicyclic) bond motifs is 1. The van der Waals surface area contributed by atoms with Gasteiger partial charge in [0.1, 0.15) is 17.3 Å². The second-order valence-electron chi connectivity index (χ2n) is 6.56. The molecular formula is C22H22N4O. The van der Waals surface area contributed by atoms with Crippen LogP contribution in [0, 0.1) is 13.8 Å². The van der Waals surface area contributed by atoms with Crippen LogP contribution in [0.4, 0.5) is 11.5 Å². The van der Waals surface area contributed by atoms with Crippen LogP contribution in [0.25, 0.3) is 10.9 Å². The van der Waals surface area contributed by atoms with Crippen molar-refractivity contribution >= 4 is 22.4 Å². The van der Waals surface area contributed by atoms with E-state index in [1.807, 2.05) is 62.4 Å². The van der Waals surface area contributed by atoms with E-state index in [1.165, 1.54) is 0 Å². The Labute approximate surface area is 158 Å². The van der Waals surface area contributed by atoms with Crippen molar-refractivity contribution in [3.63, 3.8) is 0 Å². The van der Waals surface area contributed by atoms with Gasteiger partial charge in [0.2, 0.25) is 0 Å². The van der Waals surface area contributed by atoms with Crippen LogP contribution in [0.15, 0.2) is 65.1 Å². The third-order valence-electron chi connectivity index (χ3n) is 4.38. The first-order valence-electron chi connectivity index (χ1n) is 9.03. The summed E-state index contributed by atoms with van der Waals surface area (Å²) >= 11 is 0. The van der Waals surface area contributed by atoms with Crippen molar-refractivity contribution in [2.45, 2.75) is 26.9 Å². The minimum Gasteiger partial charge on any atom is -0.465 e. The van der Waals surface area contributed by atoms with Crippen molar-refractivity contribution in [1.29, 1.82) is 0 Å². The molecule has 4 aromatic rings. The highest BCUT2D eigenvalue weighted by Crippen LogP contribution is 2.24. The molecule has 3 heterocycles. The van der Waals surface area contributed by atoms with Crippen LogP contribution >= 0.6 is 0 Å². The normalized spacial score (nSPS) is 10.9. The molecule has 0 spiro atoms. The average molecular weight is 358 g/mol. The molecule has 0 aliphatic rings. The molecule has 0 bridgehead atoms. The third-order valence-corrected chi connectivity index (χ3v) is 4.38. The van der Waals surface area contributed by atoms with E-state index in [9.17, 15) is 0 Å². The van der Waals surface area contributed by atoms with Crippen molar-refractivity contribution in [2.75, 3.05) is 10.6 Å². The average Bonchev–Trinajstić information content (AvgIpc) is 3.10. The summed E-state index contributed by atoms with van der Waals surface area (Å²) in [4.78, 5) is 9.26. The van der Waals surface area contributed by atoms with E-state index >= 15 is 0 Å². The van der Waals surface area contributed by atoms with Crippen LogP contribution in [0.1, 0.15) is 22.9 Å². The maximum Gasteiger partial charge on any atom is 0.127 e. The van der Waals surface area contributed by atoms with Gasteiger partial charge in [-0.2, -0.15) is 0 Å². The van der Waals surface area contributed by atoms with E-state index in [-0.39, 0.29) is 0 Å². The maximum atomic E-state index is 5.59. The zero-order valence-corrected chi connectivity index (χ0v) is 15.5. The van der Waals surface area contributed by atoms with Crippen LogP contribution in [-0.4, -0.2) is 9.97 Å². The van der Waals surface area contributed by atoms with Gasteiger partial charge in [-0.05, 0) is 62.4 Å². The number of anilines is 2. The SMILES string of the molecule is Cc1cccc(CNc2cccc3nc(NCc4ccc(C)o4)ccc23)n1. The molecule has 0 unspecified atom stereocenters. The number of aryl methyl sites for hydroxylation is 2. The second kappa shape index (κ2) is 7.50. The lowest BCUT2D eigenvalue weighted by Gasteiger charge is -2.11. The van der Waals surface area contributed by atoms with Gasteiger partial charge in [0.25, 0.3) is 0 Å². The Kier molecular flexibility index (Phi) is 4.75. The van der Waals surface area contributed by atoms with Crippen molar-refractivity contribution in [3.8, 4) is 0 Å². The smallest absolute Gasteiger partial charge is 0.127 e. The molecular weight excluding hydrogens is 336 g/mol. The molecule has 0 fully saturated rings. The lowest BCUT2D eigenvalue weighted by molar-refractivity contribution is 0.490. The van der Waals surface area contributed by atoms with Crippen LogP contribution < -0.4 is 10.6 Å². The summed E-state index contributed by atoms with van der Waals surface area (Å²) in [7, 11) is 0. The Morgan fingerprint density at radius 1 is 0.815 bits per heavy atom. The largest absolute Gasteiger partial charge is 0.465 e. The number of rotatable bonds is 6. The fraction of sp³-hybridized carbons (Fsp3) is 0.182. The Hall–Kier alpha value is -3.34. The quantitative estimate of drug-likeness (QED) is 0.504. The summed E-state index contributed by atoms with van der Waals surface area (Å²) in [6.45, 7) is 5.24. The van der Waals surface area contributed by atoms with E-state index in [2.05, 4.69) is 27.8 Å². The van der Waals surface area contributed by atoms with Gasteiger partial charge in [0, 0.05) is 16.8 Å². The van der Waals surface area contributed by atoms with Gasteiger partial charge in [-0.1, -0.05) is 12.1 Å². The van der Waals surface area contributed by atoms with Gasteiger partial charge in [0.05, 0.1) is 24.3 Å². The lowest BCUT2D eigenvalue weighted by atomic mass is 10.1. The van der Waals surface area contributed by atoms with Crippen molar-refractivity contribution in [3.05, 3.63) is 83.6 Å². The number of hydrogen-bond acceptors (Lipinski definition) is 5. The van der Waals surface area contributed by atoms with Gasteiger partial charge in [-0.25, -0.2) is 4.98 Å². The fourth-order valence-corrected chi connectivity index (χ4v) is 3.05. The molecule has 3 aromatic heterocycles. The zero-order valence-electron chi connectivity index (χ0n) is 15.5. The standard InChI is InChI=1S/C22H22N4O/c1-15-5-3-6-17(25-15)13-23-20-7-4-8-21-19(20)11-12-22(26-21)24-14-18-10-9-16(2)27-18/h3-12,23H,13-14H2,1-2H3,(H,24,26). The number of hydrogen-bond donors (Lipinski definition) is 2. The Bertz CT molecular complexity index is 1070. The summed E-state index contributed by atoms with van der Waals surface area (Å²) in [5.74, 6) is 2.64. The summed E-state index contributed by atoms with van der Waals surface area (Å²) < 4.78 is 5.59. The summed E-state index contributed by atoms with van der Waals surface area (Å²) in [5, 5.41) is 7.88. The molecule has 0 atom stereocenters. The first kappa shape index (κ1) is 17.1.